The number of ether oxygens (including phenoxy) is 1. The Morgan fingerprint density at radius 3 is 2.32 bits per heavy atom. The van der Waals surface area contributed by atoms with E-state index >= 15 is 0 Å². The molecule has 5 heteroatoms. The van der Waals surface area contributed by atoms with Crippen molar-refractivity contribution in [2.75, 3.05) is 7.11 Å². The van der Waals surface area contributed by atoms with E-state index in [1.165, 1.54) is 5.56 Å². The van der Waals surface area contributed by atoms with Crippen LogP contribution < -0.4 is 4.74 Å². The molecule has 0 spiro atoms. The lowest BCUT2D eigenvalue weighted by atomic mass is 9.69. The summed E-state index contributed by atoms with van der Waals surface area (Å²) in [5.41, 5.74) is 2.15. The highest BCUT2D eigenvalue weighted by Crippen LogP contribution is 2.55. The number of piperidine rings is 1. The second-order valence-electron chi connectivity index (χ2n) is 10.6. The normalized spacial score (nSPS) is 30.1. The maximum Gasteiger partial charge on any atom is 0.227 e. The molecule has 3 fully saturated rings. The van der Waals surface area contributed by atoms with Gasteiger partial charge in [0.1, 0.15) is 5.75 Å². The van der Waals surface area contributed by atoms with E-state index in [0.29, 0.717) is 6.42 Å². The van der Waals surface area contributed by atoms with Crippen molar-refractivity contribution in [2.45, 2.75) is 83.0 Å². The number of amides is 2. The van der Waals surface area contributed by atoms with Crippen LogP contribution in [-0.4, -0.2) is 52.9 Å². The molecular weight excluding hydrogens is 424 g/mol. The summed E-state index contributed by atoms with van der Waals surface area (Å²) in [6.45, 7) is 4.06. The summed E-state index contributed by atoms with van der Waals surface area (Å²) < 4.78 is 5.38. The predicted molar refractivity (Wildman–Crippen MR) is 133 cm³/mol. The van der Waals surface area contributed by atoms with Gasteiger partial charge in [0, 0.05) is 24.4 Å². The molecule has 0 radical (unpaired) electrons. The highest BCUT2D eigenvalue weighted by atomic mass is 16.5. The molecule has 2 saturated heterocycles. The van der Waals surface area contributed by atoms with Gasteiger partial charge in [-0.3, -0.25) is 9.59 Å². The molecule has 2 heterocycles. The van der Waals surface area contributed by atoms with E-state index in [1.54, 1.807) is 14.0 Å². The molecule has 2 aliphatic heterocycles. The first kappa shape index (κ1) is 22.9. The van der Waals surface area contributed by atoms with E-state index in [0.717, 1.165) is 49.8 Å². The Kier molecular flexibility index (Phi) is 6.13. The van der Waals surface area contributed by atoms with Crippen LogP contribution in [0.2, 0.25) is 0 Å². The zero-order chi connectivity index (χ0) is 23.9. The van der Waals surface area contributed by atoms with Crippen LogP contribution >= 0.6 is 0 Å². The zero-order valence-electron chi connectivity index (χ0n) is 20.6. The fraction of sp³-hybridized carbons (Fsp3) is 0.517. The van der Waals surface area contributed by atoms with Crippen LogP contribution in [-0.2, 0) is 22.4 Å². The highest BCUT2D eigenvalue weighted by molar-refractivity contribution is 5.81. The SMILES string of the molecule is COc1cccc(CC(=O)N2[C@H]3CCCC[C@H]4N(C(C)=O)[C@H](Cc5ccccc5)[C@@H]2C[C@@]34C)c1. The number of benzene rings is 2. The van der Waals surface area contributed by atoms with Crippen LogP contribution in [0.5, 0.6) is 5.75 Å². The standard InChI is InChI=1S/C29H36N2O3/c1-20(32)30-24(17-21-10-5-4-6-11-21)25-19-29(2)26(30)14-7-8-15-27(29)31(25)28(33)18-22-12-9-13-23(16-22)34-3/h4-6,9-13,16,24-27H,7-8,14-15,17-19H2,1-3H3/t24-,25+,26-,27+,29-/m1/s1. The largest absolute Gasteiger partial charge is 0.497 e. The van der Waals surface area contributed by atoms with Crippen LogP contribution in [0.1, 0.15) is 57.1 Å². The van der Waals surface area contributed by atoms with Gasteiger partial charge in [0.05, 0.1) is 25.6 Å². The topological polar surface area (TPSA) is 49.9 Å². The van der Waals surface area contributed by atoms with Gasteiger partial charge in [0.15, 0.2) is 0 Å². The Morgan fingerprint density at radius 2 is 1.65 bits per heavy atom. The van der Waals surface area contributed by atoms with Crippen molar-refractivity contribution in [3.8, 4) is 5.75 Å². The van der Waals surface area contributed by atoms with Crippen LogP contribution in [0, 0.1) is 5.41 Å². The first-order valence-electron chi connectivity index (χ1n) is 12.7. The van der Waals surface area contributed by atoms with Crippen LogP contribution in [0.4, 0.5) is 0 Å². The Bertz CT molecular complexity index is 1050. The van der Waals surface area contributed by atoms with Crippen molar-refractivity contribution in [1.29, 1.82) is 0 Å². The van der Waals surface area contributed by atoms with Gasteiger partial charge in [-0.1, -0.05) is 62.2 Å². The van der Waals surface area contributed by atoms with Crippen molar-refractivity contribution >= 4 is 11.8 Å². The maximum atomic E-state index is 14.0. The Balaban J connectivity index is 1.53. The first-order chi connectivity index (χ1) is 16.4. The molecule has 2 bridgehead atoms. The third kappa shape index (κ3) is 3.89. The lowest BCUT2D eigenvalue weighted by Gasteiger charge is -2.50. The molecular formula is C29H36N2O3. The predicted octanol–water partition coefficient (Wildman–Crippen LogP) is 4.63. The van der Waals surface area contributed by atoms with Crippen LogP contribution in [0.3, 0.4) is 0 Å². The third-order valence-electron chi connectivity index (χ3n) is 8.64. The number of fused-ring (bicyclic) bond motifs is 1. The second-order valence-corrected chi connectivity index (χ2v) is 10.6. The van der Waals surface area contributed by atoms with E-state index in [2.05, 4.69) is 41.0 Å². The quantitative estimate of drug-likeness (QED) is 0.654. The smallest absolute Gasteiger partial charge is 0.227 e. The number of rotatable bonds is 5. The van der Waals surface area contributed by atoms with E-state index in [1.807, 2.05) is 30.3 Å². The molecule has 5 atom stereocenters. The minimum atomic E-state index is -0.0515. The van der Waals surface area contributed by atoms with Gasteiger partial charge < -0.3 is 14.5 Å². The summed E-state index contributed by atoms with van der Waals surface area (Å²) in [5, 5.41) is 0. The molecule has 0 N–H and O–H groups in total. The molecule has 2 aromatic rings. The number of nitrogens with zero attached hydrogens (tertiary/aromatic N) is 2. The number of carbonyl (C=O) groups is 2. The lowest BCUT2D eigenvalue weighted by molar-refractivity contribution is -0.143. The molecule has 180 valence electrons. The fourth-order valence-corrected chi connectivity index (χ4v) is 7.21. The molecule has 0 aromatic heterocycles. The van der Waals surface area contributed by atoms with Crippen LogP contribution in [0.15, 0.2) is 54.6 Å². The molecule has 0 unspecified atom stereocenters. The van der Waals surface area contributed by atoms with Gasteiger partial charge in [-0.15, -0.1) is 0 Å². The molecule has 2 amide bonds. The molecule has 1 saturated carbocycles. The molecule has 2 aromatic carbocycles. The van der Waals surface area contributed by atoms with Crippen LogP contribution in [0.25, 0.3) is 0 Å². The lowest BCUT2D eigenvalue weighted by Crippen LogP contribution is -2.61. The van der Waals surface area contributed by atoms with Crippen molar-refractivity contribution in [2.24, 2.45) is 5.41 Å². The average molecular weight is 461 g/mol. The van der Waals surface area contributed by atoms with Gasteiger partial charge in [-0.2, -0.15) is 0 Å². The van der Waals surface area contributed by atoms with E-state index < -0.39 is 0 Å². The van der Waals surface area contributed by atoms with Crippen molar-refractivity contribution in [3.05, 3.63) is 65.7 Å². The summed E-state index contributed by atoms with van der Waals surface area (Å²) in [7, 11) is 1.65. The Labute approximate surface area is 203 Å². The first-order valence-corrected chi connectivity index (χ1v) is 12.7. The second kappa shape index (κ2) is 9.09. The van der Waals surface area contributed by atoms with Gasteiger partial charge in [0.2, 0.25) is 11.8 Å². The van der Waals surface area contributed by atoms with E-state index in [4.69, 9.17) is 4.74 Å². The number of hydrogen-bond acceptors (Lipinski definition) is 3. The van der Waals surface area contributed by atoms with E-state index in [-0.39, 0.29) is 41.4 Å². The summed E-state index contributed by atoms with van der Waals surface area (Å²) in [6, 6.07) is 18.7. The summed E-state index contributed by atoms with van der Waals surface area (Å²) in [4.78, 5) is 31.5. The minimum absolute atomic E-state index is 0.00957. The minimum Gasteiger partial charge on any atom is -0.497 e. The number of likely N-dealkylation sites (tertiary alicyclic amines) is 2. The Morgan fingerprint density at radius 1 is 0.971 bits per heavy atom. The number of hydrogen-bond donors (Lipinski definition) is 0. The van der Waals surface area contributed by atoms with Crippen molar-refractivity contribution < 1.29 is 14.3 Å². The van der Waals surface area contributed by atoms with Gasteiger partial charge in [-0.25, -0.2) is 0 Å². The third-order valence-corrected chi connectivity index (χ3v) is 8.64. The monoisotopic (exact) mass is 460 g/mol. The zero-order valence-corrected chi connectivity index (χ0v) is 20.6. The highest BCUT2D eigenvalue weighted by Gasteiger charge is 2.63. The van der Waals surface area contributed by atoms with Crippen molar-refractivity contribution in [3.63, 3.8) is 0 Å². The molecule has 5 rings (SSSR count). The summed E-state index contributed by atoms with van der Waals surface area (Å²) in [6.07, 6.45) is 6.41. The van der Waals surface area contributed by atoms with Gasteiger partial charge in [0.25, 0.3) is 0 Å². The fourth-order valence-electron chi connectivity index (χ4n) is 7.21. The molecule has 34 heavy (non-hydrogen) atoms. The van der Waals surface area contributed by atoms with Crippen molar-refractivity contribution in [1.82, 2.24) is 9.80 Å². The summed E-state index contributed by atoms with van der Waals surface area (Å²) >= 11 is 0. The molecule has 3 aliphatic rings. The van der Waals surface area contributed by atoms with Gasteiger partial charge >= 0.3 is 0 Å². The molecule has 5 nitrogen and oxygen atoms in total. The average Bonchev–Trinajstić information content (AvgIpc) is 2.98. The molecule has 1 aliphatic carbocycles. The number of carbonyl (C=O) groups excluding carboxylic acids is 2. The summed E-state index contributed by atoms with van der Waals surface area (Å²) in [5.74, 6) is 1.09. The van der Waals surface area contributed by atoms with Gasteiger partial charge in [-0.05, 0) is 48.9 Å². The maximum absolute atomic E-state index is 14.0. The Hall–Kier alpha value is -2.82. The number of methoxy groups -OCH3 is 1. The van der Waals surface area contributed by atoms with E-state index in [9.17, 15) is 9.59 Å².